The van der Waals surface area contributed by atoms with Crippen LogP contribution >= 0.6 is 15.9 Å². The molecule has 3 unspecified atom stereocenters. The number of amides is 1. The molecular formula is C18H23BrN4O. The van der Waals surface area contributed by atoms with Crippen molar-refractivity contribution in [1.29, 1.82) is 0 Å². The third-order valence-electron chi connectivity index (χ3n) is 5.21. The molecule has 2 aromatic rings. The Morgan fingerprint density at radius 2 is 2.04 bits per heavy atom. The Hall–Kier alpha value is -1.69. The smallest absolute Gasteiger partial charge is 0.273 e. The standard InChI is InChI=1S/C18H23BrN4O/c1-11-7-6-9-15(12(11)2)20-18(24)17-13(3)23(22-21-17)16-10-5-4-8-14(16)19/h4-5,8,10-12,15H,6-7,9H2,1-3H3,(H,20,24). The molecule has 1 aromatic heterocycles. The van der Waals surface area contributed by atoms with Gasteiger partial charge >= 0.3 is 0 Å². The van der Waals surface area contributed by atoms with E-state index in [1.165, 1.54) is 12.8 Å². The van der Waals surface area contributed by atoms with Crippen LogP contribution in [0.3, 0.4) is 0 Å². The minimum absolute atomic E-state index is 0.128. The van der Waals surface area contributed by atoms with Crippen LogP contribution in [0.5, 0.6) is 0 Å². The number of carbonyl (C=O) groups excluding carboxylic acids is 1. The maximum atomic E-state index is 12.7. The van der Waals surface area contributed by atoms with Crippen LogP contribution in [0.2, 0.25) is 0 Å². The number of nitrogens with zero attached hydrogens (tertiary/aromatic N) is 3. The van der Waals surface area contributed by atoms with Gasteiger partial charge in [0, 0.05) is 10.5 Å². The number of para-hydroxylation sites is 1. The Morgan fingerprint density at radius 1 is 1.29 bits per heavy atom. The van der Waals surface area contributed by atoms with Gasteiger partial charge in [-0.1, -0.05) is 44.0 Å². The molecule has 1 N–H and O–H groups in total. The van der Waals surface area contributed by atoms with Crippen molar-refractivity contribution in [3.8, 4) is 5.69 Å². The number of halogens is 1. The van der Waals surface area contributed by atoms with E-state index in [0.29, 0.717) is 17.5 Å². The zero-order valence-electron chi connectivity index (χ0n) is 14.3. The fourth-order valence-electron chi connectivity index (χ4n) is 3.41. The van der Waals surface area contributed by atoms with Gasteiger partial charge in [-0.05, 0) is 53.2 Å². The molecule has 0 saturated heterocycles. The van der Waals surface area contributed by atoms with E-state index in [4.69, 9.17) is 0 Å². The van der Waals surface area contributed by atoms with E-state index in [-0.39, 0.29) is 11.9 Å². The van der Waals surface area contributed by atoms with Crippen LogP contribution in [0, 0.1) is 18.8 Å². The molecule has 1 aliphatic carbocycles. The first kappa shape index (κ1) is 17.1. The Kier molecular flexibility index (Phi) is 5.04. The van der Waals surface area contributed by atoms with Crippen LogP contribution in [0.4, 0.5) is 0 Å². The summed E-state index contributed by atoms with van der Waals surface area (Å²) in [6, 6.07) is 7.99. The van der Waals surface area contributed by atoms with E-state index in [0.717, 1.165) is 22.3 Å². The third-order valence-corrected chi connectivity index (χ3v) is 5.88. The van der Waals surface area contributed by atoms with Gasteiger partial charge in [0.25, 0.3) is 5.91 Å². The molecule has 3 rings (SSSR count). The first-order valence-corrected chi connectivity index (χ1v) is 9.26. The molecule has 1 aromatic carbocycles. The second kappa shape index (κ2) is 7.05. The zero-order chi connectivity index (χ0) is 17.3. The lowest BCUT2D eigenvalue weighted by molar-refractivity contribution is 0.0885. The minimum atomic E-state index is -0.128. The number of benzene rings is 1. The van der Waals surface area contributed by atoms with Gasteiger partial charge in [-0.25, -0.2) is 4.68 Å². The largest absolute Gasteiger partial charge is 0.348 e. The summed E-state index contributed by atoms with van der Waals surface area (Å²) in [7, 11) is 0. The second-order valence-corrected chi connectivity index (χ2v) is 7.59. The van der Waals surface area contributed by atoms with Gasteiger partial charge in [-0.2, -0.15) is 0 Å². The highest BCUT2D eigenvalue weighted by Crippen LogP contribution is 2.29. The summed E-state index contributed by atoms with van der Waals surface area (Å²) < 4.78 is 2.62. The predicted octanol–water partition coefficient (Wildman–Crippen LogP) is 3.89. The molecule has 1 heterocycles. The molecule has 6 heteroatoms. The van der Waals surface area contributed by atoms with Crippen LogP contribution < -0.4 is 5.32 Å². The molecule has 1 saturated carbocycles. The third kappa shape index (κ3) is 3.24. The zero-order valence-corrected chi connectivity index (χ0v) is 15.9. The first-order chi connectivity index (χ1) is 11.5. The van der Waals surface area contributed by atoms with Gasteiger partial charge in [0.2, 0.25) is 0 Å². The number of hydrogen-bond acceptors (Lipinski definition) is 3. The van der Waals surface area contributed by atoms with E-state index in [1.54, 1.807) is 4.68 Å². The summed E-state index contributed by atoms with van der Waals surface area (Å²) in [5, 5.41) is 11.5. The highest BCUT2D eigenvalue weighted by Gasteiger charge is 2.29. The Balaban J connectivity index is 1.81. The maximum absolute atomic E-state index is 12.7. The molecule has 1 aliphatic rings. The van der Waals surface area contributed by atoms with Crippen molar-refractivity contribution in [2.45, 2.75) is 46.1 Å². The lowest BCUT2D eigenvalue weighted by atomic mass is 9.78. The number of nitrogens with one attached hydrogen (secondary N) is 1. The van der Waals surface area contributed by atoms with Gasteiger partial charge in [0.15, 0.2) is 5.69 Å². The fraction of sp³-hybridized carbons (Fsp3) is 0.500. The first-order valence-electron chi connectivity index (χ1n) is 8.47. The van der Waals surface area contributed by atoms with Gasteiger partial charge in [0.1, 0.15) is 0 Å². The predicted molar refractivity (Wildman–Crippen MR) is 97.2 cm³/mol. The molecule has 128 valence electrons. The van der Waals surface area contributed by atoms with Crippen molar-refractivity contribution in [1.82, 2.24) is 20.3 Å². The molecule has 0 spiro atoms. The summed E-state index contributed by atoms with van der Waals surface area (Å²) >= 11 is 3.52. The maximum Gasteiger partial charge on any atom is 0.273 e. The Labute approximate surface area is 151 Å². The van der Waals surface area contributed by atoms with Gasteiger partial charge in [0.05, 0.1) is 11.4 Å². The van der Waals surface area contributed by atoms with E-state index in [9.17, 15) is 4.79 Å². The van der Waals surface area contributed by atoms with Crippen LogP contribution in [-0.2, 0) is 0 Å². The van der Waals surface area contributed by atoms with E-state index >= 15 is 0 Å². The van der Waals surface area contributed by atoms with Crippen molar-refractivity contribution in [2.24, 2.45) is 11.8 Å². The highest BCUT2D eigenvalue weighted by molar-refractivity contribution is 9.10. The monoisotopic (exact) mass is 390 g/mol. The van der Waals surface area contributed by atoms with E-state index in [1.807, 2.05) is 31.2 Å². The summed E-state index contributed by atoms with van der Waals surface area (Å²) in [6.07, 6.45) is 3.44. The molecular weight excluding hydrogens is 368 g/mol. The van der Waals surface area contributed by atoms with E-state index in [2.05, 4.69) is 45.4 Å². The van der Waals surface area contributed by atoms with Crippen LogP contribution in [-0.4, -0.2) is 26.9 Å². The van der Waals surface area contributed by atoms with Gasteiger partial charge in [-0.15, -0.1) is 5.10 Å². The molecule has 1 fully saturated rings. The quantitative estimate of drug-likeness (QED) is 0.864. The summed E-state index contributed by atoms with van der Waals surface area (Å²) in [4.78, 5) is 12.7. The number of aromatic nitrogens is 3. The number of rotatable bonds is 3. The topological polar surface area (TPSA) is 59.8 Å². The van der Waals surface area contributed by atoms with Crippen molar-refractivity contribution in [3.05, 3.63) is 40.1 Å². The SMILES string of the molecule is Cc1c(C(=O)NC2CCCC(C)C2C)nnn1-c1ccccc1Br. The normalized spacial score (nSPS) is 23.9. The molecule has 0 radical (unpaired) electrons. The van der Waals surface area contributed by atoms with Crippen LogP contribution in [0.1, 0.15) is 49.3 Å². The molecule has 0 aliphatic heterocycles. The van der Waals surface area contributed by atoms with Crippen LogP contribution in [0.15, 0.2) is 28.7 Å². The molecule has 24 heavy (non-hydrogen) atoms. The Bertz CT molecular complexity index is 742. The minimum Gasteiger partial charge on any atom is -0.348 e. The summed E-state index contributed by atoms with van der Waals surface area (Å²) in [6.45, 7) is 6.36. The average molecular weight is 391 g/mol. The second-order valence-electron chi connectivity index (χ2n) is 6.73. The van der Waals surface area contributed by atoms with Crippen molar-refractivity contribution >= 4 is 21.8 Å². The summed E-state index contributed by atoms with van der Waals surface area (Å²) in [5.41, 5.74) is 2.02. The highest BCUT2D eigenvalue weighted by atomic mass is 79.9. The average Bonchev–Trinajstić information content (AvgIpc) is 2.94. The molecule has 5 nitrogen and oxygen atoms in total. The summed E-state index contributed by atoms with van der Waals surface area (Å²) in [5.74, 6) is 0.999. The van der Waals surface area contributed by atoms with Crippen molar-refractivity contribution in [3.63, 3.8) is 0 Å². The van der Waals surface area contributed by atoms with E-state index < -0.39 is 0 Å². The van der Waals surface area contributed by atoms with Crippen molar-refractivity contribution < 1.29 is 4.79 Å². The van der Waals surface area contributed by atoms with Gasteiger partial charge in [-0.3, -0.25) is 4.79 Å². The number of carbonyl (C=O) groups is 1. The molecule has 0 bridgehead atoms. The molecule has 3 atom stereocenters. The van der Waals surface area contributed by atoms with Crippen molar-refractivity contribution in [2.75, 3.05) is 0 Å². The lowest BCUT2D eigenvalue weighted by Crippen LogP contribution is -2.44. The molecule has 1 amide bonds. The number of hydrogen-bond donors (Lipinski definition) is 1. The fourth-order valence-corrected chi connectivity index (χ4v) is 3.87. The lowest BCUT2D eigenvalue weighted by Gasteiger charge is -2.34. The van der Waals surface area contributed by atoms with Crippen LogP contribution in [0.25, 0.3) is 5.69 Å². The Morgan fingerprint density at radius 3 is 2.79 bits per heavy atom. The van der Waals surface area contributed by atoms with Gasteiger partial charge < -0.3 is 5.32 Å².